The van der Waals surface area contributed by atoms with E-state index in [9.17, 15) is 4.79 Å². The lowest BCUT2D eigenvalue weighted by Gasteiger charge is -2.03. The molecule has 5 heteroatoms. The third kappa shape index (κ3) is 1.44. The second kappa shape index (κ2) is 3.37. The van der Waals surface area contributed by atoms with Crippen molar-refractivity contribution in [3.8, 4) is 0 Å². The highest BCUT2D eigenvalue weighted by atomic mass is 35.5. The number of nitrogens with one attached hydrogen (secondary N) is 1. The topological polar surface area (TPSA) is 45.8 Å². The van der Waals surface area contributed by atoms with Gasteiger partial charge in [0.15, 0.2) is 0 Å². The number of hydrogen-bond donors (Lipinski definition) is 1. The molecule has 14 heavy (non-hydrogen) atoms. The van der Waals surface area contributed by atoms with Gasteiger partial charge in [0.1, 0.15) is 0 Å². The molecule has 0 aliphatic rings. The summed E-state index contributed by atoms with van der Waals surface area (Å²) in [5.41, 5.74) is 0.726. The largest absolute Gasteiger partial charge is 0.272 e. The monoisotopic (exact) mass is 228 g/mol. The highest BCUT2D eigenvalue weighted by Gasteiger charge is 2.12. The molecule has 2 aromatic heterocycles. The highest BCUT2D eigenvalue weighted by Crippen LogP contribution is 2.31. The van der Waals surface area contributed by atoms with E-state index in [4.69, 9.17) is 11.6 Å². The van der Waals surface area contributed by atoms with E-state index < -0.39 is 0 Å². The van der Waals surface area contributed by atoms with Crippen LogP contribution < -0.4 is 5.56 Å². The molecule has 1 N–H and O–H groups in total. The quantitative estimate of drug-likeness (QED) is 0.816. The molecule has 0 aliphatic carbocycles. The molecule has 0 unspecified atom stereocenters. The van der Waals surface area contributed by atoms with Gasteiger partial charge in [-0.25, -0.2) is 5.10 Å². The van der Waals surface area contributed by atoms with E-state index in [0.717, 1.165) is 10.4 Å². The van der Waals surface area contributed by atoms with E-state index >= 15 is 0 Å². The summed E-state index contributed by atoms with van der Waals surface area (Å²) in [6, 6.07) is 1.69. The molecule has 0 bridgehead atoms. The zero-order chi connectivity index (χ0) is 10.3. The Labute approximate surface area is 89.7 Å². The summed E-state index contributed by atoms with van der Waals surface area (Å²) in [5.74, 6) is 0.282. The minimum atomic E-state index is -0.174. The fourth-order valence-electron chi connectivity index (χ4n) is 1.33. The van der Waals surface area contributed by atoms with Crippen LogP contribution >= 0.6 is 22.9 Å². The molecule has 2 heterocycles. The van der Waals surface area contributed by atoms with Crippen molar-refractivity contribution in [3.63, 3.8) is 0 Å². The average molecular weight is 229 g/mol. The molecule has 3 nitrogen and oxygen atoms in total. The SMILES string of the molecule is CC(C)c1n[nH]c(=O)c2cc(Cl)sc12. The normalized spacial score (nSPS) is 11.4. The van der Waals surface area contributed by atoms with Crippen molar-refractivity contribution in [2.24, 2.45) is 0 Å². The van der Waals surface area contributed by atoms with Gasteiger partial charge in [-0.05, 0) is 12.0 Å². The van der Waals surface area contributed by atoms with Gasteiger partial charge in [-0.3, -0.25) is 4.79 Å². The lowest BCUT2D eigenvalue weighted by atomic mass is 10.1. The average Bonchev–Trinajstić information content (AvgIpc) is 2.47. The molecule has 2 aromatic rings. The number of rotatable bonds is 1. The maximum atomic E-state index is 11.4. The molecule has 0 radical (unpaired) electrons. The number of H-pyrrole nitrogens is 1. The van der Waals surface area contributed by atoms with Crippen LogP contribution in [0.4, 0.5) is 0 Å². The Morgan fingerprint density at radius 1 is 1.57 bits per heavy atom. The van der Waals surface area contributed by atoms with Crippen LogP contribution in [0.3, 0.4) is 0 Å². The zero-order valence-corrected chi connectivity index (χ0v) is 9.37. The predicted octanol–water partition coefficient (Wildman–Crippen LogP) is 2.76. The van der Waals surface area contributed by atoms with E-state index in [1.807, 2.05) is 13.8 Å². The van der Waals surface area contributed by atoms with E-state index in [-0.39, 0.29) is 11.5 Å². The van der Waals surface area contributed by atoms with Crippen molar-refractivity contribution in [2.75, 3.05) is 0 Å². The maximum absolute atomic E-state index is 11.4. The maximum Gasteiger partial charge on any atom is 0.272 e. The first-order valence-corrected chi connectivity index (χ1v) is 5.46. The first-order chi connectivity index (χ1) is 6.59. The van der Waals surface area contributed by atoms with Crippen LogP contribution in [0.2, 0.25) is 4.34 Å². The van der Waals surface area contributed by atoms with Crippen molar-refractivity contribution in [3.05, 3.63) is 26.5 Å². The predicted molar refractivity (Wildman–Crippen MR) is 59.3 cm³/mol. The second-order valence-electron chi connectivity index (χ2n) is 3.39. The minimum Gasteiger partial charge on any atom is -0.267 e. The van der Waals surface area contributed by atoms with Gasteiger partial charge < -0.3 is 0 Å². The minimum absolute atomic E-state index is 0.174. The smallest absolute Gasteiger partial charge is 0.267 e. The summed E-state index contributed by atoms with van der Waals surface area (Å²) >= 11 is 7.27. The number of aromatic nitrogens is 2. The Bertz CT molecular complexity index is 529. The summed E-state index contributed by atoms with van der Waals surface area (Å²) in [6.45, 7) is 4.07. The summed E-state index contributed by atoms with van der Waals surface area (Å²) in [6.07, 6.45) is 0. The van der Waals surface area contributed by atoms with E-state index in [1.165, 1.54) is 11.3 Å². The standard InChI is InChI=1S/C9H9ClN2OS/c1-4(2)7-8-5(3-6(10)14-8)9(13)12-11-7/h3-4H,1-2H3,(H,12,13). The Hall–Kier alpha value is -0.870. The molecular weight excluding hydrogens is 220 g/mol. The first kappa shape index (κ1) is 9.68. The van der Waals surface area contributed by atoms with E-state index in [0.29, 0.717) is 9.72 Å². The second-order valence-corrected chi connectivity index (χ2v) is 5.07. The molecular formula is C9H9ClN2OS. The first-order valence-electron chi connectivity index (χ1n) is 4.27. The van der Waals surface area contributed by atoms with Crippen molar-refractivity contribution in [1.29, 1.82) is 0 Å². The van der Waals surface area contributed by atoms with Gasteiger partial charge >= 0.3 is 0 Å². The molecule has 0 atom stereocenters. The van der Waals surface area contributed by atoms with Gasteiger partial charge in [-0.15, -0.1) is 11.3 Å². The number of aromatic amines is 1. The van der Waals surface area contributed by atoms with E-state index in [2.05, 4.69) is 10.2 Å². The highest BCUT2D eigenvalue weighted by molar-refractivity contribution is 7.22. The third-order valence-corrected chi connectivity index (χ3v) is 3.29. The van der Waals surface area contributed by atoms with Crippen LogP contribution in [0.15, 0.2) is 10.9 Å². The van der Waals surface area contributed by atoms with Gasteiger partial charge in [-0.2, -0.15) is 5.10 Å². The number of fused-ring (bicyclic) bond motifs is 1. The Morgan fingerprint density at radius 3 is 2.93 bits per heavy atom. The number of hydrogen-bond acceptors (Lipinski definition) is 3. The van der Waals surface area contributed by atoms with Gasteiger partial charge in [0.25, 0.3) is 5.56 Å². The molecule has 0 saturated heterocycles. The lowest BCUT2D eigenvalue weighted by Crippen LogP contribution is -2.10. The Kier molecular flexibility index (Phi) is 2.33. The molecule has 2 rings (SSSR count). The lowest BCUT2D eigenvalue weighted by molar-refractivity contribution is 0.795. The van der Waals surface area contributed by atoms with Crippen LogP contribution in [0.25, 0.3) is 10.1 Å². The fourth-order valence-corrected chi connectivity index (χ4v) is 2.69. The van der Waals surface area contributed by atoms with Gasteiger partial charge in [0.05, 0.1) is 20.1 Å². The summed E-state index contributed by atoms with van der Waals surface area (Å²) in [4.78, 5) is 11.4. The van der Waals surface area contributed by atoms with Crippen LogP contribution in [0, 0.1) is 0 Å². The molecule has 74 valence electrons. The third-order valence-electron chi connectivity index (χ3n) is 2.00. The molecule has 0 aromatic carbocycles. The van der Waals surface area contributed by atoms with Crippen molar-refractivity contribution < 1.29 is 0 Å². The van der Waals surface area contributed by atoms with Crippen molar-refractivity contribution in [2.45, 2.75) is 19.8 Å². The Morgan fingerprint density at radius 2 is 2.29 bits per heavy atom. The van der Waals surface area contributed by atoms with Crippen LogP contribution in [0.1, 0.15) is 25.5 Å². The zero-order valence-electron chi connectivity index (χ0n) is 7.80. The fraction of sp³-hybridized carbons (Fsp3) is 0.333. The summed E-state index contributed by atoms with van der Waals surface area (Å²) < 4.78 is 1.52. The van der Waals surface area contributed by atoms with E-state index in [1.54, 1.807) is 6.07 Å². The van der Waals surface area contributed by atoms with Crippen molar-refractivity contribution in [1.82, 2.24) is 10.2 Å². The number of thiophene rings is 1. The van der Waals surface area contributed by atoms with Gasteiger partial charge in [0, 0.05) is 0 Å². The Balaban J connectivity index is 2.88. The molecule has 0 spiro atoms. The van der Waals surface area contributed by atoms with Crippen LogP contribution in [-0.4, -0.2) is 10.2 Å². The molecule has 0 fully saturated rings. The van der Waals surface area contributed by atoms with Crippen LogP contribution in [0.5, 0.6) is 0 Å². The van der Waals surface area contributed by atoms with Crippen molar-refractivity contribution >= 4 is 33.0 Å². The van der Waals surface area contributed by atoms with Crippen LogP contribution in [-0.2, 0) is 0 Å². The summed E-state index contributed by atoms with van der Waals surface area (Å²) in [7, 11) is 0. The van der Waals surface area contributed by atoms with Gasteiger partial charge in [-0.1, -0.05) is 25.4 Å². The molecule has 0 amide bonds. The molecule has 0 saturated carbocycles. The number of nitrogens with zero attached hydrogens (tertiary/aromatic N) is 1. The molecule has 0 aliphatic heterocycles. The summed E-state index contributed by atoms with van der Waals surface area (Å²) in [5, 5.41) is 7.15. The number of halogens is 1. The van der Waals surface area contributed by atoms with Gasteiger partial charge in [0.2, 0.25) is 0 Å².